The van der Waals surface area contributed by atoms with Crippen molar-refractivity contribution in [3.63, 3.8) is 0 Å². The highest BCUT2D eigenvalue weighted by Gasteiger charge is 2.38. The van der Waals surface area contributed by atoms with Crippen LogP contribution in [0.25, 0.3) is 0 Å². The number of aliphatic carboxylic acids is 1. The van der Waals surface area contributed by atoms with Crippen molar-refractivity contribution in [3.8, 4) is 0 Å². The molecule has 0 saturated carbocycles. The molecule has 0 aromatic rings. The molecule has 4 heteroatoms. The zero-order valence-electron chi connectivity index (χ0n) is 13.0. The predicted molar refractivity (Wildman–Crippen MR) is 77.0 cm³/mol. The van der Waals surface area contributed by atoms with E-state index in [-0.39, 0.29) is 17.9 Å². The van der Waals surface area contributed by atoms with Gasteiger partial charge in [0, 0.05) is 12.0 Å². The first kappa shape index (κ1) is 17.9. The number of hydrogen-bond donors (Lipinski definition) is 2. The SMILES string of the molecule is CCC(CC)(CC)NC(=O)CC(CC)(CC)C(=O)O. The van der Waals surface area contributed by atoms with Gasteiger partial charge in [0.2, 0.25) is 5.91 Å². The van der Waals surface area contributed by atoms with Crippen molar-refractivity contribution < 1.29 is 14.7 Å². The minimum atomic E-state index is -0.926. The maximum absolute atomic E-state index is 12.2. The lowest BCUT2D eigenvalue weighted by Gasteiger charge is -2.34. The minimum absolute atomic E-state index is 0.0666. The van der Waals surface area contributed by atoms with Gasteiger partial charge in [0.25, 0.3) is 0 Å². The fourth-order valence-corrected chi connectivity index (χ4v) is 2.54. The summed E-state index contributed by atoms with van der Waals surface area (Å²) in [5, 5.41) is 12.4. The number of rotatable bonds is 9. The Balaban J connectivity index is 4.89. The van der Waals surface area contributed by atoms with Gasteiger partial charge >= 0.3 is 5.97 Å². The zero-order valence-corrected chi connectivity index (χ0v) is 13.0. The Morgan fingerprint density at radius 2 is 1.32 bits per heavy atom. The molecule has 0 aromatic carbocycles. The van der Waals surface area contributed by atoms with E-state index in [1.165, 1.54) is 0 Å². The maximum Gasteiger partial charge on any atom is 0.310 e. The maximum atomic E-state index is 12.2. The van der Waals surface area contributed by atoms with Crippen molar-refractivity contribution in [3.05, 3.63) is 0 Å². The van der Waals surface area contributed by atoms with Crippen LogP contribution >= 0.6 is 0 Å². The van der Waals surface area contributed by atoms with Crippen LogP contribution in [0.2, 0.25) is 0 Å². The Morgan fingerprint density at radius 1 is 0.895 bits per heavy atom. The molecule has 0 aliphatic heterocycles. The summed E-state index contributed by atoms with van der Waals surface area (Å²) in [7, 11) is 0. The van der Waals surface area contributed by atoms with Gasteiger partial charge in [0.05, 0.1) is 5.41 Å². The molecule has 1 amide bonds. The van der Waals surface area contributed by atoms with Gasteiger partial charge in [0.1, 0.15) is 0 Å². The summed E-state index contributed by atoms with van der Waals surface area (Å²) in [4.78, 5) is 23.6. The van der Waals surface area contributed by atoms with E-state index in [0.29, 0.717) is 12.8 Å². The molecule has 0 rings (SSSR count). The predicted octanol–water partition coefficient (Wildman–Crippen LogP) is 3.35. The van der Waals surface area contributed by atoms with Crippen LogP contribution in [0.4, 0.5) is 0 Å². The molecule has 0 spiro atoms. The monoisotopic (exact) mass is 271 g/mol. The molecule has 0 bridgehead atoms. The lowest BCUT2D eigenvalue weighted by Crippen LogP contribution is -2.49. The van der Waals surface area contributed by atoms with Crippen molar-refractivity contribution in [2.45, 2.75) is 78.7 Å². The van der Waals surface area contributed by atoms with Crippen molar-refractivity contribution in [2.24, 2.45) is 5.41 Å². The smallest absolute Gasteiger partial charge is 0.310 e. The number of carbonyl (C=O) groups excluding carboxylic acids is 1. The Hall–Kier alpha value is -1.06. The molecular formula is C15H29NO3. The number of amides is 1. The second-order valence-electron chi connectivity index (χ2n) is 5.36. The van der Waals surface area contributed by atoms with Gasteiger partial charge in [-0.05, 0) is 32.1 Å². The summed E-state index contributed by atoms with van der Waals surface area (Å²) in [5.41, 5.74) is -1.12. The van der Waals surface area contributed by atoms with Crippen LogP contribution in [0.1, 0.15) is 73.1 Å². The summed E-state index contributed by atoms with van der Waals surface area (Å²) in [6, 6.07) is 0. The second kappa shape index (κ2) is 7.51. The molecule has 0 radical (unpaired) electrons. The van der Waals surface area contributed by atoms with Crippen LogP contribution in [0.5, 0.6) is 0 Å². The average Bonchev–Trinajstić information content (AvgIpc) is 2.42. The molecule has 0 atom stereocenters. The van der Waals surface area contributed by atoms with Crippen molar-refractivity contribution in [1.29, 1.82) is 0 Å². The Bertz CT molecular complexity index is 296. The Kier molecular flexibility index (Phi) is 7.09. The molecule has 0 saturated heterocycles. The average molecular weight is 271 g/mol. The van der Waals surface area contributed by atoms with E-state index in [1.54, 1.807) is 0 Å². The number of carbonyl (C=O) groups is 2. The van der Waals surface area contributed by atoms with E-state index in [2.05, 4.69) is 26.1 Å². The number of nitrogens with one attached hydrogen (secondary N) is 1. The quantitative estimate of drug-likeness (QED) is 0.676. The lowest BCUT2D eigenvalue weighted by atomic mass is 9.78. The fraction of sp³-hybridized carbons (Fsp3) is 0.867. The second-order valence-corrected chi connectivity index (χ2v) is 5.36. The van der Waals surface area contributed by atoms with E-state index in [9.17, 15) is 14.7 Å². The Labute approximate surface area is 117 Å². The molecule has 0 unspecified atom stereocenters. The third-order valence-corrected chi connectivity index (χ3v) is 4.74. The number of hydrogen-bond acceptors (Lipinski definition) is 2. The highest BCUT2D eigenvalue weighted by Crippen LogP contribution is 2.31. The number of carboxylic acids is 1. The van der Waals surface area contributed by atoms with Crippen LogP contribution in [-0.2, 0) is 9.59 Å². The lowest BCUT2D eigenvalue weighted by molar-refractivity contribution is -0.152. The van der Waals surface area contributed by atoms with E-state index in [1.807, 2.05) is 13.8 Å². The summed E-state index contributed by atoms with van der Waals surface area (Å²) >= 11 is 0. The van der Waals surface area contributed by atoms with Crippen molar-refractivity contribution in [1.82, 2.24) is 5.32 Å². The topological polar surface area (TPSA) is 66.4 Å². The van der Waals surface area contributed by atoms with Crippen molar-refractivity contribution >= 4 is 11.9 Å². The van der Waals surface area contributed by atoms with Crippen LogP contribution in [0, 0.1) is 5.41 Å². The van der Waals surface area contributed by atoms with Crippen molar-refractivity contribution in [2.75, 3.05) is 0 Å². The Morgan fingerprint density at radius 3 is 1.58 bits per heavy atom. The highest BCUT2D eigenvalue weighted by atomic mass is 16.4. The highest BCUT2D eigenvalue weighted by molar-refractivity contribution is 5.85. The van der Waals surface area contributed by atoms with Crippen LogP contribution in [0.15, 0.2) is 0 Å². The molecule has 2 N–H and O–H groups in total. The van der Waals surface area contributed by atoms with Gasteiger partial charge in [0.15, 0.2) is 0 Å². The molecule has 0 heterocycles. The van der Waals surface area contributed by atoms with Crippen LogP contribution in [-0.4, -0.2) is 22.5 Å². The van der Waals surface area contributed by atoms with Crippen LogP contribution < -0.4 is 5.32 Å². The first-order chi connectivity index (χ1) is 8.85. The molecule has 0 aromatic heterocycles. The first-order valence-corrected chi connectivity index (χ1v) is 7.39. The molecule has 112 valence electrons. The van der Waals surface area contributed by atoms with E-state index in [0.717, 1.165) is 19.3 Å². The van der Waals surface area contributed by atoms with Crippen LogP contribution in [0.3, 0.4) is 0 Å². The van der Waals surface area contributed by atoms with Gasteiger partial charge < -0.3 is 10.4 Å². The summed E-state index contributed by atoms with van der Waals surface area (Å²) in [6.45, 7) is 9.82. The largest absolute Gasteiger partial charge is 0.481 e. The normalized spacial score (nSPS) is 12.3. The zero-order chi connectivity index (χ0) is 15.1. The fourth-order valence-electron chi connectivity index (χ4n) is 2.54. The molecule has 4 nitrogen and oxygen atoms in total. The summed E-state index contributed by atoms with van der Waals surface area (Å²) < 4.78 is 0. The first-order valence-electron chi connectivity index (χ1n) is 7.39. The standard InChI is InChI=1S/C15H29NO3/c1-6-14(7-2,13(18)19)11-12(17)16-15(8-3,9-4)10-5/h6-11H2,1-5H3,(H,16,17)(H,18,19). The number of carboxylic acid groups (broad SMARTS) is 1. The third-order valence-electron chi connectivity index (χ3n) is 4.74. The molecular weight excluding hydrogens is 242 g/mol. The van der Waals surface area contributed by atoms with Gasteiger partial charge in [-0.3, -0.25) is 9.59 Å². The minimum Gasteiger partial charge on any atom is -0.481 e. The van der Waals surface area contributed by atoms with E-state index in [4.69, 9.17) is 0 Å². The molecule has 0 aliphatic rings. The molecule has 19 heavy (non-hydrogen) atoms. The van der Waals surface area contributed by atoms with E-state index < -0.39 is 11.4 Å². The molecule has 0 aliphatic carbocycles. The van der Waals surface area contributed by atoms with Gasteiger partial charge in [-0.2, -0.15) is 0 Å². The third kappa shape index (κ3) is 4.22. The van der Waals surface area contributed by atoms with E-state index >= 15 is 0 Å². The molecule has 0 fully saturated rings. The van der Waals surface area contributed by atoms with Gasteiger partial charge in [-0.15, -0.1) is 0 Å². The summed E-state index contributed by atoms with van der Waals surface area (Å²) in [6.07, 6.45) is 3.61. The summed E-state index contributed by atoms with van der Waals surface area (Å²) in [5.74, 6) is -1.01. The van der Waals surface area contributed by atoms with Gasteiger partial charge in [-0.25, -0.2) is 0 Å². The van der Waals surface area contributed by atoms with Gasteiger partial charge in [-0.1, -0.05) is 34.6 Å².